The fourth-order valence-electron chi connectivity index (χ4n) is 3.10. The third-order valence-electron chi connectivity index (χ3n) is 4.58. The molecule has 0 heterocycles. The summed E-state index contributed by atoms with van der Waals surface area (Å²) in [5, 5.41) is 11.5. The summed E-state index contributed by atoms with van der Waals surface area (Å²) in [4.78, 5) is 0.178. The molecule has 0 aliphatic carbocycles. The van der Waals surface area contributed by atoms with E-state index in [1.165, 1.54) is 4.31 Å². The number of nitrogens with two attached hydrogens (primary N) is 1. The molecule has 0 spiro atoms. The van der Waals surface area contributed by atoms with Crippen molar-refractivity contribution < 1.29 is 13.5 Å². The fraction of sp³-hybridized carbons (Fsp3) is 0.429. The van der Waals surface area contributed by atoms with E-state index in [2.05, 4.69) is 0 Å². The number of hydrogen-bond acceptors (Lipinski definition) is 4. The van der Waals surface area contributed by atoms with Gasteiger partial charge in [0.15, 0.2) is 0 Å². The number of nitrogens with zero attached hydrogens (tertiary/aromatic N) is 1. The zero-order chi connectivity index (χ0) is 19.9. The highest BCUT2D eigenvalue weighted by molar-refractivity contribution is 7.89. The normalized spacial score (nSPS) is 14.4. The number of hydrogen-bond donors (Lipinski definition) is 2. The molecule has 6 heteroatoms. The SMILES string of the molecule is CC(C)CCN(C(O)(CCN)Cc1ccccc1)S(=O)(=O)c1ccccc1. The van der Waals surface area contributed by atoms with Crippen molar-refractivity contribution >= 4 is 10.0 Å². The van der Waals surface area contributed by atoms with E-state index in [0.717, 1.165) is 5.56 Å². The summed E-state index contributed by atoms with van der Waals surface area (Å²) >= 11 is 0. The maximum atomic E-state index is 13.4. The summed E-state index contributed by atoms with van der Waals surface area (Å²) in [7, 11) is -3.87. The zero-order valence-corrected chi connectivity index (χ0v) is 16.9. The van der Waals surface area contributed by atoms with Crippen LogP contribution in [-0.2, 0) is 16.4 Å². The largest absolute Gasteiger partial charge is 0.374 e. The van der Waals surface area contributed by atoms with E-state index in [9.17, 15) is 13.5 Å². The predicted octanol–water partition coefficient (Wildman–Crippen LogP) is 3.00. The van der Waals surface area contributed by atoms with E-state index in [1.54, 1.807) is 30.3 Å². The van der Waals surface area contributed by atoms with Crippen LogP contribution in [0.15, 0.2) is 65.6 Å². The highest BCUT2D eigenvalue weighted by atomic mass is 32.2. The molecule has 1 atom stereocenters. The molecule has 148 valence electrons. The molecule has 0 radical (unpaired) electrons. The van der Waals surface area contributed by atoms with Crippen molar-refractivity contribution in [2.24, 2.45) is 11.7 Å². The van der Waals surface area contributed by atoms with Crippen LogP contribution in [0, 0.1) is 5.92 Å². The first kappa shape index (κ1) is 21.6. The first-order chi connectivity index (χ1) is 12.8. The minimum Gasteiger partial charge on any atom is -0.374 e. The van der Waals surface area contributed by atoms with Gasteiger partial charge in [0.2, 0.25) is 10.0 Å². The number of benzene rings is 2. The summed E-state index contributed by atoms with van der Waals surface area (Å²) in [5.74, 6) is 0.303. The van der Waals surface area contributed by atoms with E-state index in [-0.39, 0.29) is 30.8 Å². The van der Waals surface area contributed by atoms with E-state index in [1.807, 2.05) is 44.2 Å². The van der Waals surface area contributed by atoms with Crippen LogP contribution in [0.25, 0.3) is 0 Å². The predicted molar refractivity (Wildman–Crippen MR) is 109 cm³/mol. The van der Waals surface area contributed by atoms with Gasteiger partial charge in [-0.25, -0.2) is 8.42 Å². The van der Waals surface area contributed by atoms with E-state index in [4.69, 9.17) is 5.73 Å². The van der Waals surface area contributed by atoms with Gasteiger partial charge < -0.3 is 10.8 Å². The Morgan fingerprint density at radius 1 is 1.04 bits per heavy atom. The second-order valence-corrected chi connectivity index (χ2v) is 9.12. The van der Waals surface area contributed by atoms with Gasteiger partial charge in [0, 0.05) is 19.4 Å². The molecule has 5 nitrogen and oxygen atoms in total. The van der Waals surface area contributed by atoms with Gasteiger partial charge in [-0.05, 0) is 36.6 Å². The highest BCUT2D eigenvalue weighted by Crippen LogP contribution is 2.30. The van der Waals surface area contributed by atoms with Gasteiger partial charge in [0.25, 0.3) is 0 Å². The van der Waals surface area contributed by atoms with Crippen LogP contribution in [-0.4, -0.2) is 36.6 Å². The molecule has 0 aromatic heterocycles. The topological polar surface area (TPSA) is 83.6 Å². The molecule has 0 fully saturated rings. The minimum atomic E-state index is -3.87. The highest BCUT2D eigenvalue weighted by Gasteiger charge is 2.42. The second-order valence-electron chi connectivity index (χ2n) is 7.26. The van der Waals surface area contributed by atoms with Gasteiger partial charge in [-0.1, -0.05) is 62.4 Å². The first-order valence-corrected chi connectivity index (χ1v) is 10.8. The number of aliphatic hydroxyl groups is 1. The molecule has 0 saturated heterocycles. The smallest absolute Gasteiger partial charge is 0.245 e. The van der Waals surface area contributed by atoms with Gasteiger partial charge in [0.05, 0.1) is 4.90 Å². The Labute approximate surface area is 162 Å². The fourth-order valence-corrected chi connectivity index (χ4v) is 4.81. The lowest BCUT2D eigenvalue weighted by Crippen LogP contribution is -2.54. The molecule has 0 saturated carbocycles. The lowest BCUT2D eigenvalue weighted by molar-refractivity contribution is -0.0664. The third-order valence-corrected chi connectivity index (χ3v) is 6.55. The zero-order valence-electron chi connectivity index (χ0n) is 16.1. The quantitative estimate of drug-likeness (QED) is 0.611. The molecule has 0 aliphatic heterocycles. The van der Waals surface area contributed by atoms with Crippen molar-refractivity contribution in [3.63, 3.8) is 0 Å². The summed E-state index contributed by atoms with van der Waals surface area (Å²) in [5.41, 5.74) is 5.05. The third kappa shape index (κ3) is 5.62. The molecule has 2 aromatic rings. The van der Waals surface area contributed by atoms with Gasteiger partial charge >= 0.3 is 0 Å². The van der Waals surface area contributed by atoms with Crippen LogP contribution in [0.2, 0.25) is 0 Å². The Bertz CT molecular complexity index is 795. The van der Waals surface area contributed by atoms with E-state index in [0.29, 0.717) is 12.3 Å². The van der Waals surface area contributed by atoms with Gasteiger partial charge in [-0.3, -0.25) is 0 Å². The minimum absolute atomic E-state index is 0.159. The molecule has 3 N–H and O–H groups in total. The molecule has 1 unspecified atom stereocenters. The maximum Gasteiger partial charge on any atom is 0.245 e. The van der Waals surface area contributed by atoms with Crippen LogP contribution in [0.5, 0.6) is 0 Å². The Hall–Kier alpha value is -1.73. The van der Waals surface area contributed by atoms with Crippen LogP contribution >= 0.6 is 0 Å². The molecular formula is C21H30N2O3S. The van der Waals surface area contributed by atoms with Crippen molar-refractivity contribution in [1.29, 1.82) is 0 Å². The van der Waals surface area contributed by atoms with Crippen LogP contribution < -0.4 is 5.73 Å². The van der Waals surface area contributed by atoms with Crippen molar-refractivity contribution in [1.82, 2.24) is 4.31 Å². The molecule has 2 aromatic carbocycles. The molecule has 2 rings (SSSR count). The van der Waals surface area contributed by atoms with Gasteiger partial charge in [0.1, 0.15) is 5.72 Å². The van der Waals surface area contributed by atoms with Crippen LogP contribution in [0.4, 0.5) is 0 Å². The monoisotopic (exact) mass is 390 g/mol. The van der Waals surface area contributed by atoms with Gasteiger partial charge in [-0.15, -0.1) is 0 Å². The average molecular weight is 391 g/mol. The van der Waals surface area contributed by atoms with Crippen LogP contribution in [0.3, 0.4) is 0 Å². The first-order valence-electron chi connectivity index (χ1n) is 9.34. The second kappa shape index (κ2) is 9.46. The van der Waals surface area contributed by atoms with Crippen molar-refractivity contribution in [3.05, 3.63) is 66.2 Å². The summed E-state index contributed by atoms with van der Waals surface area (Å²) in [6, 6.07) is 17.7. The van der Waals surface area contributed by atoms with Crippen molar-refractivity contribution in [2.45, 2.75) is 43.7 Å². The standard InChI is InChI=1S/C21H30N2O3S/c1-18(2)13-16-23(27(25,26)20-11-7-4-8-12-20)21(24,14-15-22)17-19-9-5-3-6-10-19/h3-12,18,24H,13-17,22H2,1-2H3. The molecular weight excluding hydrogens is 360 g/mol. The molecule has 27 heavy (non-hydrogen) atoms. The summed E-state index contributed by atoms with van der Waals surface area (Å²) < 4.78 is 28.0. The average Bonchev–Trinajstić information content (AvgIpc) is 2.63. The molecule has 0 bridgehead atoms. The Kier molecular flexibility index (Phi) is 7.56. The van der Waals surface area contributed by atoms with Crippen molar-refractivity contribution in [2.75, 3.05) is 13.1 Å². The lowest BCUT2D eigenvalue weighted by atomic mass is 9.98. The Morgan fingerprint density at radius 2 is 1.59 bits per heavy atom. The van der Waals surface area contributed by atoms with E-state index >= 15 is 0 Å². The summed E-state index contributed by atoms with van der Waals surface area (Å²) in [6.07, 6.45) is 0.995. The van der Waals surface area contributed by atoms with Crippen LogP contribution in [0.1, 0.15) is 32.3 Å². The molecule has 0 aliphatic rings. The van der Waals surface area contributed by atoms with Crippen molar-refractivity contribution in [3.8, 4) is 0 Å². The molecule has 0 amide bonds. The summed E-state index contributed by atoms with van der Waals surface area (Å²) in [6.45, 7) is 4.49. The number of sulfonamides is 1. The lowest BCUT2D eigenvalue weighted by Gasteiger charge is -2.39. The van der Waals surface area contributed by atoms with Gasteiger partial charge in [-0.2, -0.15) is 4.31 Å². The Balaban J connectivity index is 2.47. The van der Waals surface area contributed by atoms with E-state index < -0.39 is 15.7 Å². The maximum absolute atomic E-state index is 13.4. The Morgan fingerprint density at radius 3 is 2.11 bits per heavy atom. The number of rotatable bonds is 10.